The number of carboxylic acid groups (broad SMARTS) is 1. The largest absolute Gasteiger partial charge is 0.480 e. The molecule has 1 amide bonds. The molecule has 7 heteroatoms. The standard InChI is InChI=1S/C23H24BrClN2O3/c1-22(2,3)11-17-23(15-8-7-14(25)10-16(15)26-21(23)30)18(19(27-17)20(28)29)12-5-4-6-13(24)9-12/h4-10,17-19,27H,11H2,1-3H3,(H,26,30)(H,28,29). The van der Waals surface area contributed by atoms with E-state index in [1.165, 1.54) is 0 Å². The van der Waals surface area contributed by atoms with Crippen LogP contribution < -0.4 is 10.6 Å². The van der Waals surface area contributed by atoms with Gasteiger partial charge in [-0.05, 0) is 47.2 Å². The first-order valence-electron chi connectivity index (χ1n) is 9.90. The van der Waals surface area contributed by atoms with Crippen molar-refractivity contribution in [2.24, 2.45) is 5.41 Å². The molecule has 1 saturated heterocycles. The molecule has 4 rings (SSSR count). The molecule has 4 atom stereocenters. The van der Waals surface area contributed by atoms with Gasteiger partial charge in [0.2, 0.25) is 5.91 Å². The summed E-state index contributed by atoms with van der Waals surface area (Å²) >= 11 is 9.69. The van der Waals surface area contributed by atoms with Crippen molar-refractivity contribution in [3.05, 3.63) is 63.1 Å². The maximum Gasteiger partial charge on any atom is 0.321 e. The summed E-state index contributed by atoms with van der Waals surface area (Å²) in [4.78, 5) is 26.1. The molecule has 0 saturated carbocycles. The van der Waals surface area contributed by atoms with Crippen molar-refractivity contribution >= 4 is 45.1 Å². The Bertz CT molecular complexity index is 1040. The van der Waals surface area contributed by atoms with Crippen molar-refractivity contribution in [3.63, 3.8) is 0 Å². The Morgan fingerprint density at radius 1 is 1.23 bits per heavy atom. The average Bonchev–Trinajstić information content (AvgIpc) is 3.10. The van der Waals surface area contributed by atoms with Gasteiger partial charge in [-0.1, -0.05) is 66.5 Å². The molecular weight excluding hydrogens is 468 g/mol. The minimum absolute atomic E-state index is 0.116. The smallest absolute Gasteiger partial charge is 0.321 e. The maximum atomic E-state index is 13.7. The molecule has 2 heterocycles. The highest BCUT2D eigenvalue weighted by atomic mass is 79.9. The highest BCUT2D eigenvalue weighted by Crippen LogP contribution is 2.56. The number of rotatable bonds is 3. The molecule has 1 spiro atoms. The van der Waals surface area contributed by atoms with Gasteiger partial charge in [0.15, 0.2) is 0 Å². The van der Waals surface area contributed by atoms with Crippen LogP contribution in [-0.4, -0.2) is 29.1 Å². The Kier molecular flexibility index (Phi) is 5.24. The van der Waals surface area contributed by atoms with E-state index in [0.717, 1.165) is 15.6 Å². The molecule has 2 aliphatic heterocycles. The predicted octanol–water partition coefficient (Wildman–Crippen LogP) is 4.94. The Morgan fingerprint density at radius 2 is 1.97 bits per heavy atom. The number of benzene rings is 2. The zero-order chi connectivity index (χ0) is 21.8. The lowest BCUT2D eigenvalue weighted by molar-refractivity contribution is -0.139. The molecule has 5 nitrogen and oxygen atoms in total. The fourth-order valence-corrected chi connectivity index (χ4v) is 5.70. The molecule has 30 heavy (non-hydrogen) atoms. The van der Waals surface area contributed by atoms with Crippen molar-refractivity contribution in [1.29, 1.82) is 0 Å². The first-order chi connectivity index (χ1) is 14.0. The topological polar surface area (TPSA) is 78.4 Å². The minimum Gasteiger partial charge on any atom is -0.480 e. The molecule has 0 radical (unpaired) electrons. The minimum atomic E-state index is -1.06. The van der Waals surface area contributed by atoms with Gasteiger partial charge < -0.3 is 10.4 Å². The van der Waals surface area contributed by atoms with Crippen molar-refractivity contribution in [3.8, 4) is 0 Å². The molecule has 3 N–H and O–H groups in total. The van der Waals surface area contributed by atoms with Gasteiger partial charge in [0, 0.05) is 27.1 Å². The number of aliphatic carboxylic acids is 1. The van der Waals surface area contributed by atoms with Crippen LogP contribution in [0.4, 0.5) is 5.69 Å². The Labute approximate surface area is 189 Å². The van der Waals surface area contributed by atoms with E-state index < -0.39 is 23.3 Å². The van der Waals surface area contributed by atoms with Crippen LogP contribution in [0.3, 0.4) is 0 Å². The van der Waals surface area contributed by atoms with E-state index in [0.29, 0.717) is 17.1 Å². The third-order valence-electron chi connectivity index (χ3n) is 6.10. The molecule has 0 aromatic heterocycles. The fraction of sp³-hybridized carbons (Fsp3) is 0.391. The van der Waals surface area contributed by atoms with Gasteiger partial charge in [0.1, 0.15) is 11.5 Å². The molecule has 2 aliphatic rings. The molecule has 1 fully saturated rings. The first kappa shape index (κ1) is 21.3. The number of carbonyl (C=O) groups excluding carboxylic acids is 1. The summed E-state index contributed by atoms with van der Waals surface area (Å²) < 4.78 is 0.841. The number of hydrogen-bond acceptors (Lipinski definition) is 3. The first-order valence-corrected chi connectivity index (χ1v) is 11.1. The van der Waals surface area contributed by atoms with Gasteiger partial charge in [-0.3, -0.25) is 14.9 Å². The summed E-state index contributed by atoms with van der Waals surface area (Å²) in [5.41, 5.74) is 1.08. The normalized spacial score (nSPS) is 27.9. The quantitative estimate of drug-likeness (QED) is 0.568. The molecular formula is C23H24BrClN2O3. The van der Waals surface area contributed by atoms with Crippen molar-refractivity contribution in [2.45, 2.75) is 50.6 Å². The SMILES string of the molecule is CC(C)(C)CC1NC(C(=O)O)C(c2cccc(Br)c2)C12C(=O)Nc1cc(Cl)ccc12. The van der Waals surface area contributed by atoms with Crippen molar-refractivity contribution in [2.75, 3.05) is 5.32 Å². The highest BCUT2D eigenvalue weighted by Gasteiger charge is 2.65. The Morgan fingerprint density at radius 3 is 2.60 bits per heavy atom. The summed E-state index contributed by atoms with van der Waals surface area (Å²) in [6.45, 7) is 6.29. The van der Waals surface area contributed by atoms with Gasteiger partial charge in [-0.2, -0.15) is 0 Å². The van der Waals surface area contributed by atoms with Crippen LogP contribution in [0, 0.1) is 5.41 Å². The van der Waals surface area contributed by atoms with E-state index in [1.807, 2.05) is 30.3 Å². The lowest BCUT2D eigenvalue weighted by Gasteiger charge is -2.37. The van der Waals surface area contributed by atoms with Crippen LogP contribution in [0.15, 0.2) is 46.9 Å². The number of anilines is 1. The van der Waals surface area contributed by atoms with Crippen LogP contribution in [0.1, 0.15) is 44.2 Å². The summed E-state index contributed by atoms with van der Waals surface area (Å²) in [5.74, 6) is -1.73. The van der Waals surface area contributed by atoms with Crippen LogP contribution in [0.25, 0.3) is 0 Å². The highest BCUT2D eigenvalue weighted by molar-refractivity contribution is 9.10. The monoisotopic (exact) mass is 490 g/mol. The second-order valence-electron chi connectivity index (χ2n) is 9.35. The molecule has 0 bridgehead atoms. The van der Waals surface area contributed by atoms with E-state index in [-0.39, 0.29) is 17.4 Å². The van der Waals surface area contributed by atoms with Gasteiger partial charge in [0.25, 0.3) is 0 Å². The van der Waals surface area contributed by atoms with Crippen LogP contribution in [-0.2, 0) is 15.0 Å². The molecule has 2 aromatic carbocycles. The fourth-order valence-electron chi connectivity index (χ4n) is 5.11. The summed E-state index contributed by atoms with van der Waals surface area (Å²) in [5, 5.41) is 17.0. The van der Waals surface area contributed by atoms with Crippen molar-refractivity contribution < 1.29 is 14.7 Å². The molecule has 4 unspecified atom stereocenters. The van der Waals surface area contributed by atoms with Gasteiger partial charge in [-0.15, -0.1) is 0 Å². The Balaban J connectivity index is 2.00. The Hall–Kier alpha value is -1.89. The van der Waals surface area contributed by atoms with Crippen LogP contribution >= 0.6 is 27.5 Å². The number of carbonyl (C=O) groups is 2. The van der Waals surface area contributed by atoms with Gasteiger partial charge in [0.05, 0.1) is 0 Å². The summed E-state index contributed by atoms with van der Waals surface area (Å²) in [6.07, 6.45) is 0.636. The molecule has 0 aliphatic carbocycles. The maximum absolute atomic E-state index is 13.7. The van der Waals surface area contributed by atoms with Gasteiger partial charge >= 0.3 is 5.97 Å². The van der Waals surface area contributed by atoms with E-state index in [1.54, 1.807) is 12.1 Å². The second-order valence-corrected chi connectivity index (χ2v) is 10.7. The lowest BCUT2D eigenvalue weighted by atomic mass is 9.62. The van der Waals surface area contributed by atoms with E-state index >= 15 is 0 Å². The number of amides is 1. The lowest BCUT2D eigenvalue weighted by Crippen LogP contribution is -2.49. The summed E-state index contributed by atoms with van der Waals surface area (Å²) in [6, 6.07) is 11.7. The predicted molar refractivity (Wildman–Crippen MR) is 121 cm³/mol. The average molecular weight is 492 g/mol. The second kappa shape index (κ2) is 7.36. The van der Waals surface area contributed by atoms with Crippen molar-refractivity contribution in [1.82, 2.24) is 5.32 Å². The molecule has 158 valence electrons. The van der Waals surface area contributed by atoms with Crippen LogP contribution in [0.5, 0.6) is 0 Å². The third-order valence-corrected chi connectivity index (χ3v) is 6.82. The van der Waals surface area contributed by atoms with Gasteiger partial charge in [-0.25, -0.2) is 0 Å². The zero-order valence-electron chi connectivity index (χ0n) is 17.0. The summed E-state index contributed by atoms with van der Waals surface area (Å²) in [7, 11) is 0. The number of hydrogen-bond donors (Lipinski definition) is 3. The van der Waals surface area contributed by atoms with E-state index in [2.05, 4.69) is 47.3 Å². The molecule has 2 aromatic rings. The van der Waals surface area contributed by atoms with E-state index in [4.69, 9.17) is 11.6 Å². The van der Waals surface area contributed by atoms with E-state index in [9.17, 15) is 14.7 Å². The number of fused-ring (bicyclic) bond motifs is 2. The third kappa shape index (κ3) is 3.35. The zero-order valence-corrected chi connectivity index (χ0v) is 19.3. The number of carboxylic acids is 1. The number of nitrogens with one attached hydrogen (secondary N) is 2. The van der Waals surface area contributed by atoms with Crippen LogP contribution in [0.2, 0.25) is 5.02 Å². The number of halogens is 2.